The van der Waals surface area contributed by atoms with Crippen LogP contribution in [0.25, 0.3) is 0 Å². The molecular weight excluding hydrogens is 376 g/mol. The lowest BCUT2D eigenvalue weighted by Crippen LogP contribution is -2.37. The first kappa shape index (κ1) is 18.1. The highest BCUT2D eigenvalue weighted by Crippen LogP contribution is 2.23. The number of hydrogen-bond acceptors (Lipinski definition) is 7. The minimum Gasteiger partial charge on any atom is -0.369 e. The summed E-state index contributed by atoms with van der Waals surface area (Å²) in [6.45, 7) is -0.377. The maximum Gasteiger partial charge on any atom is 0.262 e. The number of anilines is 1. The van der Waals surface area contributed by atoms with E-state index < -0.39 is 23.6 Å². The Hall–Kier alpha value is -2.72. The van der Waals surface area contributed by atoms with Crippen molar-refractivity contribution in [2.24, 2.45) is 5.73 Å². The minimum absolute atomic E-state index is 0.193. The molecule has 0 radical (unpaired) electrons. The van der Waals surface area contributed by atoms with Crippen LogP contribution in [0.2, 0.25) is 0 Å². The van der Waals surface area contributed by atoms with Crippen molar-refractivity contribution in [1.82, 2.24) is 9.88 Å². The van der Waals surface area contributed by atoms with E-state index in [2.05, 4.69) is 10.3 Å². The smallest absolute Gasteiger partial charge is 0.262 e. The summed E-state index contributed by atoms with van der Waals surface area (Å²) >= 11 is 2.55. The Bertz CT molecular complexity index is 861. The van der Waals surface area contributed by atoms with Gasteiger partial charge in [-0.05, 0) is 12.1 Å². The van der Waals surface area contributed by atoms with Crippen LogP contribution in [0.15, 0.2) is 29.6 Å². The summed E-state index contributed by atoms with van der Waals surface area (Å²) in [7, 11) is 0. The van der Waals surface area contributed by atoms with Crippen molar-refractivity contribution in [1.29, 1.82) is 0 Å². The molecule has 0 saturated heterocycles. The maximum absolute atomic E-state index is 12.2. The number of thiazole rings is 1. The van der Waals surface area contributed by atoms with Crippen LogP contribution in [0.4, 0.5) is 5.13 Å². The Kier molecular flexibility index (Phi) is 5.33. The van der Waals surface area contributed by atoms with Crippen LogP contribution >= 0.6 is 23.1 Å². The maximum atomic E-state index is 12.2. The van der Waals surface area contributed by atoms with E-state index in [-0.39, 0.29) is 12.3 Å². The number of nitrogens with two attached hydrogens (primary N) is 1. The van der Waals surface area contributed by atoms with E-state index in [4.69, 9.17) is 5.73 Å². The molecule has 3 N–H and O–H groups in total. The van der Waals surface area contributed by atoms with Crippen molar-refractivity contribution in [2.45, 2.75) is 5.75 Å². The zero-order valence-corrected chi connectivity index (χ0v) is 15.1. The molecule has 1 aromatic carbocycles. The lowest BCUT2D eigenvalue weighted by atomic mass is 10.1. The fraction of sp³-hybridized carbons (Fsp3) is 0.188. The molecule has 0 fully saturated rings. The number of fused-ring (bicyclic) bond motifs is 1. The third-order valence-electron chi connectivity index (χ3n) is 3.47. The molecule has 4 amide bonds. The van der Waals surface area contributed by atoms with Crippen LogP contribution in [-0.4, -0.2) is 45.8 Å². The van der Waals surface area contributed by atoms with Gasteiger partial charge in [0.25, 0.3) is 11.8 Å². The fourth-order valence-electron chi connectivity index (χ4n) is 2.37. The van der Waals surface area contributed by atoms with E-state index in [0.29, 0.717) is 27.7 Å². The molecular formula is C16H14N4O4S2. The summed E-state index contributed by atoms with van der Waals surface area (Å²) in [6, 6.07) is 6.45. The number of primary amides is 1. The Morgan fingerprint density at radius 2 is 1.85 bits per heavy atom. The van der Waals surface area contributed by atoms with Gasteiger partial charge >= 0.3 is 0 Å². The van der Waals surface area contributed by atoms with Crippen LogP contribution in [0, 0.1) is 0 Å². The Morgan fingerprint density at radius 1 is 1.19 bits per heavy atom. The van der Waals surface area contributed by atoms with Gasteiger partial charge in [-0.2, -0.15) is 0 Å². The molecule has 10 heteroatoms. The third kappa shape index (κ3) is 3.92. The first-order chi connectivity index (χ1) is 12.5. The topological polar surface area (TPSA) is 122 Å². The van der Waals surface area contributed by atoms with E-state index >= 15 is 0 Å². The number of benzene rings is 1. The number of thioether (sulfide) groups is 1. The third-order valence-corrected chi connectivity index (χ3v) is 5.27. The summed E-state index contributed by atoms with van der Waals surface area (Å²) in [6.07, 6.45) is 0. The van der Waals surface area contributed by atoms with Crippen LogP contribution in [-0.2, 0) is 15.3 Å². The summed E-state index contributed by atoms with van der Waals surface area (Å²) in [5.74, 6) is -1.19. The highest BCUT2D eigenvalue weighted by Gasteiger charge is 2.36. The van der Waals surface area contributed by atoms with Gasteiger partial charge in [0, 0.05) is 11.1 Å². The van der Waals surface area contributed by atoms with Crippen molar-refractivity contribution in [3.05, 3.63) is 46.5 Å². The van der Waals surface area contributed by atoms with Crippen molar-refractivity contribution in [3.8, 4) is 0 Å². The minimum atomic E-state index is -0.509. The lowest BCUT2D eigenvalue weighted by Gasteiger charge is -2.12. The molecule has 0 spiro atoms. The first-order valence-electron chi connectivity index (χ1n) is 7.51. The van der Waals surface area contributed by atoms with Crippen molar-refractivity contribution < 1.29 is 19.2 Å². The second-order valence-electron chi connectivity index (χ2n) is 5.39. The van der Waals surface area contributed by atoms with Gasteiger partial charge in [0.05, 0.1) is 22.6 Å². The molecule has 3 rings (SSSR count). The molecule has 2 aromatic rings. The van der Waals surface area contributed by atoms with Gasteiger partial charge in [-0.3, -0.25) is 24.1 Å². The van der Waals surface area contributed by atoms with Crippen LogP contribution in [0.1, 0.15) is 26.4 Å². The summed E-state index contributed by atoms with van der Waals surface area (Å²) in [4.78, 5) is 52.5. The van der Waals surface area contributed by atoms with Gasteiger partial charge < -0.3 is 11.1 Å². The number of carbonyl (C=O) groups is 4. The van der Waals surface area contributed by atoms with E-state index in [0.717, 1.165) is 4.90 Å². The zero-order chi connectivity index (χ0) is 18.7. The second kappa shape index (κ2) is 7.67. The normalized spacial score (nSPS) is 13.0. The standard InChI is InChI=1S/C16H14N4O4S2/c17-12(21)8-25-6-9-7-26-16(18-9)19-13(22)5-20-14(23)10-3-1-2-4-11(10)15(20)24/h1-4,7H,5-6,8H2,(H2,17,21)(H,18,19,22). The van der Waals surface area contributed by atoms with Crippen LogP contribution in [0.3, 0.4) is 0 Å². The number of nitrogens with one attached hydrogen (secondary N) is 1. The average Bonchev–Trinajstić information content (AvgIpc) is 3.13. The largest absolute Gasteiger partial charge is 0.369 e. The van der Waals surface area contributed by atoms with Crippen molar-refractivity contribution in [2.75, 3.05) is 17.6 Å². The number of hydrogen-bond donors (Lipinski definition) is 2. The molecule has 8 nitrogen and oxygen atoms in total. The van der Waals surface area contributed by atoms with Gasteiger partial charge in [-0.25, -0.2) is 4.98 Å². The SMILES string of the molecule is NC(=O)CSCc1csc(NC(=O)CN2C(=O)c3ccccc3C2=O)n1. The van der Waals surface area contributed by atoms with Crippen LogP contribution in [0.5, 0.6) is 0 Å². The average molecular weight is 390 g/mol. The molecule has 1 aromatic heterocycles. The number of amides is 4. The molecule has 26 heavy (non-hydrogen) atoms. The predicted octanol–water partition coefficient (Wildman–Crippen LogP) is 1.10. The molecule has 1 aliphatic heterocycles. The number of carbonyl (C=O) groups excluding carboxylic acids is 4. The summed E-state index contributed by atoms with van der Waals surface area (Å²) in [5.41, 5.74) is 6.37. The highest BCUT2D eigenvalue weighted by atomic mass is 32.2. The van der Waals surface area contributed by atoms with E-state index in [9.17, 15) is 19.2 Å². The molecule has 0 bridgehead atoms. The number of imide groups is 1. The molecule has 134 valence electrons. The number of aromatic nitrogens is 1. The van der Waals surface area contributed by atoms with E-state index in [1.54, 1.807) is 29.6 Å². The van der Waals surface area contributed by atoms with Crippen molar-refractivity contribution in [3.63, 3.8) is 0 Å². The number of nitrogens with zero attached hydrogens (tertiary/aromatic N) is 2. The monoisotopic (exact) mass is 390 g/mol. The van der Waals surface area contributed by atoms with Crippen molar-refractivity contribution >= 4 is 51.9 Å². The molecule has 1 aliphatic rings. The highest BCUT2D eigenvalue weighted by molar-refractivity contribution is 7.99. The second-order valence-corrected chi connectivity index (χ2v) is 7.24. The first-order valence-corrected chi connectivity index (χ1v) is 9.54. The quantitative estimate of drug-likeness (QED) is 0.683. The van der Waals surface area contributed by atoms with Gasteiger partial charge in [0.15, 0.2) is 5.13 Å². The zero-order valence-electron chi connectivity index (χ0n) is 13.4. The van der Waals surface area contributed by atoms with Crippen LogP contribution < -0.4 is 11.1 Å². The molecule has 0 aliphatic carbocycles. The van der Waals surface area contributed by atoms with E-state index in [1.165, 1.54) is 23.1 Å². The molecule has 0 atom stereocenters. The Morgan fingerprint density at radius 3 is 2.46 bits per heavy atom. The molecule has 0 unspecified atom stereocenters. The number of rotatable bonds is 7. The lowest BCUT2D eigenvalue weighted by molar-refractivity contribution is -0.117. The predicted molar refractivity (Wildman–Crippen MR) is 97.9 cm³/mol. The molecule has 2 heterocycles. The molecule has 0 saturated carbocycles. The Labute approximate surface area is 156 Å². The van der Waals surface area contributed by atoms with Gasteiger partial charge in [0.1, 0.15) is 6.54 Å². The summed E-state index contributed by atoms with van der Waals surface area (Å²) < 4.78 is 0. The fourth-order valence-corrected chi connectivity index (χ4v) is 3.86. The Balaban J connectivity index is 1.57. The van der Waals surface area contributed by atoms with Gasteiger partial charge in [-0.15, -0.1) is 23.1 Å². The van der Waals surface area contributed by atoms with Gasteiger partial charge in [0.2, 0.25) is 11.8 Å². The summed E-state index contributed by atoms with van der Waals surface area (Å²) in [5, 5.41) is 4.70. The van der Waals surface area contributed by atoms with Gasteiger partial charge in [-0.1, -0.05) is 12.1 Å². The van der Waals surface area contributed by atoms with E-state index in [1.807, 2.05) is 0 Å².